The molecular weight excluding hydrogens is 692 g/mol. The lowest BCUT2D eigenvalue weighted by molar-refractivity contribution is -0.417. The summed E-state index contributed by atoms with van der Waals surface area (Å²) < 4.78 is 39.5. The Morgan fingerprint density at radius 3 is 1.85 bits per heavy atom. The van der Waals surface area contributed by atoms with Crippen LogP contribution in [-0.2, 0) is 62.1 Å². The van der Waals surface area contributed by atoms with Crippen molar-refractivity contribution < 1.29 is 38.6 Å². The molecule has 0 bridgehead atoms. The van der Waals surface area contributed by atoms with Gasteiger partial charge in [-0.15, -0.1) is 0 Å². The maximum Gasteiger partial charge on any atom is 0.225 e. The fourth-order valence-electron chi connectivity index (χ4n) is 7.30. The molecule has 2 heterocycles. The average molecular weight is 737 g/mol. The molecule has 53 heavy (non-hydrogen) atoms. The van der Waals surface area contributed by atoms with Gasteiger partial charge >= 0.3 is 0 Å². The second-order valence-electron chi connectivity index (χ2n) is 13.6. The fourth-order valence-corrected chi connectivity index (χ4v) is 7.48. The molecule has 2 aliphatic rings. The first-order valence-electron chi connectivity index (χ1n) is 17.9. The second kappa shape index (κ2) is 16.9. The van der Waals surface area contributed by atoms with Gasteiger partial charge in [-0.25, -0.2) is 0 Å². The van der Waals surface area contributed by atoms with E-state index in [0.29, 0.717) is 23.6 Å². The van der Waals surface area contributed by atoms with Crippen LogP contribution in [0.4, 0.5) is 0 Å². The molecule has 9 heteroatoms. The summed E-state index contributed by atoms with van der Waals surface area (Å²) in [6, 6.07) is 41.1. The van der Waals surface area contributed by atoms with E-state index in [0.717, 1.165) is 40.0 Å². The molecule has 5 aromatic carbocycles. The zero-order chi connectivity index (χ0) is 36.7. The fraction of sp³-hybridized carbons (Fsp3) is 0.318. The second-order valence-corrected chi connectivity index (χ2v) is 14.0. The molecule has 7 rings (SSSR count). The smallest absolute Gasteiger partial charge is 0.225 e. The summed E-state index contributed by atoms with van der Waals surface area (Å²) >= 11 is 6.89. The van der Waals surface area contributed by atoms with Crippen LogP contribution in [0.2, 0.25) is 5.02 Å². The molecule has 1 fully saturated rings. The van der Waals surface area contributed by atoms with Gasteiger partial charge in [-0.2, -0.15) is 0 Å². The number of benzene rings is 5. The maximum absolute atomic E-state index is 11.2. The number of ether oxygens (including phenoxy) is 6. The first kappa shape index (κ1) is 37.2. The Balaban J connectivity index is 1.33. The highest BCUT2D eigenvalue weighted by Gasteiger charge is 2.64. The van der Waals surface area contributed by atoms with Crippen LogP contribution in [0.1, 0.15) is 38.9 Å². The van der Waals surface area contributed by atoms with E-state index in [4.69, 9.17) is 40.0 Å². The first-order chi connectivity index (χ1) is 26.0. The van der Waals surface area contributed by atoms with Crippen LogP contribution in [0, 0.1) is 0 Å². The molecule has 5 aromatic rings. The normalized spacial score (nSPS) is 21.9. The van der Waals surface area contributed by atoms with E-state index in [2.05, 4.69) is 6.07 Å². The summed E-state index contributed by atoms with van der Waals surface area (Å²) in [5.41, 5.74) is 4.76. The minimum atomic E-state index is -1.70. The average Bonchev–Trinajstić information content (AvgIpc) is 3.68. The molecule has 2 aliphatic heterocycles. The van der Waals surface area contributed by atoms with Crippen LogP contribution in [0.25, 0.3) is 0 Å². The summed E-state index contributed by atoms with van der Waals surface area (Å²) in [7, 11) is 1.53. The lowest BCUT2D eigenvalue weighted by atomic mass is 9.80. The Kier molecular flexibility index (Phi) is 11.9. The molecule has 276 valence electrons. The molecule has 8 nitrogen and oxygen atoms in total. The predicted octanol–water partition coefficient (Wildman–Crippen LogP) is 7.17. The van der Waals surface area contributed by atoms with Crippen molar-refractivity contribution in [3.63, 3.8) is 0 Å². The molecule has 0 aliphatic carbocycles. The summed E-state index contributed by atoms with van der Waals surface area (Å²) in [6.07, 6.45) is -1.47. The van der Waals surface area contributed by atoms with E-state index in [1.54, 1.807) is 0 Å². The maximum atomic E-state index is 11.2. The van der Waals surface area contributed by atoms with Crippen LogP contribution in [0.15, 0.2) is 127 Å². The van der Waals surface area contributed by atoms with Gasteiger partial charge in [0.1, 0.15) is 29.7 Å². The Bertz CT molecular complexity index is 1920. The van der Waals surface area contributed by atoms with Crippen molar-refractivity contribution in [3.05, 3.63) is 171 Å². The van der Waals surface area contributed by atoms with E-state index < -0.39 is 42.9 Å². The number of rotatable bonds is 15. The minimum absolute atomic E-state index is 0.171. The van der Waals surface area contributed by atoms with Crippen LogP contribution in [0.5, 0.6) is 5.75 Å². The predicted molar refractivity (Wildman–Crippen MR) is 202 cm³/mol. The van der Waals surface area contributed by atoms with Gasteiger partial charge in [0.05, 0.1) is 39.6 Å². The molecule has 0 saturated carbocycles. The molecule has 4 atom stereocenters. The van der Waals surface area contributed by atoms with Crippen molar-refractivity contribution in [1.29, 1.82) is 0 Å². The molecule has 0 spiro atoms. The van der Waals surface area contributed by atoms with Crippen molar-refractivity contribution in [2.24, 2.45) is 0 Å². The third-order valence-electron chi connectivity index (χ3n) is 10.1. The first-order valence-corrected chi connectivity index (χ1v) is 18.3. The number of aliphatic hydroxyl groups excluding tert-OH is 2. The molecule has 2 N–H and O–H groups in total. The zero-order valence-corrected chi connectivity index (χ0v) is 30.5. The van der Waals surface area contributed by atoms with Gasteiger partial charge in [0.25, 0.3) is 0 Å². The highest BCUT2D eigenvalue weighted by molar-refractivity contribution is 6.31. The largest absolute Gasteiger partial charge is 0.493 e. The number of hydrogen-bond acceptors (Lipinski definition) is 8. The molecule has 1 saturated heterocycles. The molecule has 0 aromatic heterocycles. The van der Waals surface area contributed by atoms with Crippen molar-refractivity contribution in [1.82, 2.24) is 0 Å². The van der Waals surface area contributed by atoms with Crippen LogP contribution < -0.4 is 4.74 Å². The van der Waals surface area contributed by atoms with Gasteiger partial charge in [-0.3, -0.25) is 0 Å². The Morgan fingerprint density at radius 1 is 0.679 bits per heavy atom. The third kappa shape index (κ3) is 8.06. The lowest BCUT2D eigenvalue weighted by Crippen LogP contribution is -2.72. The Hall–Kier alpha value is -4.09. The number of halogens is 1. The number of aliphatic hydroxyl groups is 2. The number of fused-ring (bicyclic) bond motifs is 1. The summed E-state index contributed by atoms with van der Waals surface area (Å²) in [5, 5.41) is 23.0. The Morgan fingerprint density at radius 2 is 1.26 bits per heavy atom. The van der Waals surface area contributed by atoms with E-state index >= 15 is 0 Å². The molecular formula is C44H45ClO8. The zero-order valence-electron chi connectivity index (χ0n) is 29.7. The van der Waals surface area contributed by atoms with E-state index in [-0.39, 0.29) is 19.8 Å². The van der Waals surface area contributed by atoms with Crippen molar-refractivity contribution in [3.8, 4) is 5.75 Å². The highest BCUT2D eigenvalue weighted by Crippen LogP contribution is 2.48. The van der Waals surface area contributed by atoms with E-state index in [1.807, 2.05) is 121 Å². The summed E-state index contributed by atoms with van der Waals surface area (Å²) in [4.78, 5) is 0. The number of hydrogen-bond donors (Lipinski definition) is 2. The highest BCUT2D eigenvalue weighted by atomic mass is 35.5. The van der Waals surface area contributed by atoms with Crippen molar-refractivity contribution in [2.75, 3.05) is 26.9 Å². The van der Waals surface area contributed by atoms with E-state index in [1.165, 1.54) is 12.7 Å². The van der Waals surface area contributed by atoms with Gasteiger partial charge in [0, 0.05) is 24.1 Å². The van der Waals surface area contributed by atoms with Crippen LogP contribution in [0.3, 0.4) is 0 Å². The summed E-state index contributed by atoms with van der Waals surface area (Å²) in [6.45, 7) is 0.0465. The summed E-state index contributed by atoms with van der Waals surface area (Å²) in [5.74, 6) is -0.782. The topological polar surface area (TPSA) is 95.8 Å². The van der Waals surface area contributed by atoms with Gasteiger partial charge < -0.3 is 38.6 Å². The SMILES string of the molecule is CO[C@@]1(c2ccc(Cl)c(Cc3ccc4c(c3)CCO4)c2)OC(CO)(CO)[C@@H](OCc2ccccc2)[C@H](OCc2ccccc2)[C@H]1OCc1ccccc1. The van der Waals surface area contributed by atoms with Gasteiger partial charge in [0.2, 0.25) is 5.79 Å². The minimum Gasteiger partial charge on any atom is -0.493 e. The third-order valence-corrected chi connectivity index (χ3v) is 10.5. The molecule has 0 amide bonds. The van der Waals surface area contributed by atoms with Crippen molar-refractivity contribution in [2.45, 2.75) is 62.4 Å². The van der Waals surface area contributed by atoms with Gasteiger partial charge in [-0.1, -0.05) is 121 Å². The monoisotopic (exact) mass is 736 g/mol. The van der Waals surface area contributed by atoms with Crippen LogP contribution in [-0.4, -0.2) is 61.1 Å². The standard InChI is InChI=1S/C44H45ClO8/c1-48-44(37-18-19-38(45)36(25-37)24-34-17-20-39-35(23-34)21-22-49-39)42(52-28-33-15-9-4-10-16-33)40(50-26-31-11-5-2-6-12-31)41(43(29-46,30-47)53-44)51-27-32-13-7-3-8-14-32/h2-20,23,25,40-42,46-47H,21-22,24,26-30H2,1H3/t40-,41-,42+,44-/m0/s1. The van der Waals surface area contributed by atoms with Crippen molar-refractivity contribution >= 4 is 11.6 Å². The number of methoxy groups -OCH3 is 1. The lowest BCUT2D eigenvalue weighted by Gasteiger charge is -2.56. The van der Waals surface area contributed by atoms with Gasteiger partial charge in [0.15, 0.2) is 0 Å². The molecule has 0 unspecified atom stereocenters. The quantitative estimate of drug-likeness (QED) is 0.117. The molecule has 0 radical (unpaired) electrons. The van der Waals surface area contributed by atoms with Crippen LogP contribution >= 0.6 is 11.6 Å². The van der Waals surface area contributed by atoms with E-state index in [9.17, 15) is 10.2 Å². The Labute approximate surface area is 315 Å². The van der Waals surface area contributed by atoms with Gasteiger partial charge in [-0.05, 0) is 58.0 Å².